The topological polar surface area (TPSA) is 78.8 Å². The summed E-state index contributed by atoms with van der Waals surface area (Å²) >= 11 is 0. The highest BCUT2D eigenvalue weighted by Gasteiger charge is 2.34. The van der Waals surface area contributed by atoms with Crippen LogP contribution in [0, 0.1) is 17.0 Å². The van der Waals surface area contributed by atoms with Gasteiger partial charge in [0.1, 0.15) is 11.9 Å². The first kappa shape index (κ1) is 10.9. The van der Waals surface area contributed by atoms with E-state index in [1.165, 1.54) is 6.20 Å². The van der Waals surface area contributed by atoms with Crippen molar-refractivity contribution in [3.63, 3.8) is 0 Å². The van der Waals surface area contributed by atoms with Gasteiger partial charge in [0.2, 0.25) is 0 Å². The molecule has 1 aliphatic carbocycles. The van der Waals surface area contributed by atoms with Gasteiger partial charge in [-0.2, -0.15) is 10.2 Å². The monoisotopic (exact) mass is 247 g/mol. The third kappa shape index (κ3) is 1.59. The first-order valence-electron chi connectivity index (χ1n) is 5.84. The van der Waals surface area contributed by atoms with Crippen LogP contribution >= 0.6 is 0 Å². The van der Waals surface area contributed by atoms with E-state index in [1.807, 2.05) is 16.9 Å². The van der Waals surface area contributed by atoms with Crippen molar-refractivity contribution >= 4 is 5.69 Å². The summed E-state index contributed by atoms with van der Waals surface area (Å²) < 4.78 is 3.70. The Labute approximate surface area is 103 Å². The second-order valence-electron chi connectivity index (χ2n) is 4.58. The third-order valence-electron chi connectivity index (χ3n) is 3.55. The number of hydrogen-bond acceptors (Lipinski definition) is 4. The fourth-order valence-electron chi connectivity index (χ4n) is 2.43. The van der Waals surface area contributed by atoms with Gasteiger partial charge < -0.3 is 0 Å². The second-order valence-corrected chi connectivity index (χ2v) is 4.58. The van der Waals surface area contributed by atoms with Gasteiger partial charge >= 0.3 is 5.69 Å². The van der Waals surface area contributed by atoms with Crippen LogP contribution in [-0.2, 0) is 0 Å². The molecule has 0 radical (unpaired) electrons. The molecule has 0 aromatic carbocycles. The summed E-state index contributed by atoms with van der Waals surface area (Å²) in [6, 6.07) is 2.53. The fourth-order valence-corrected chi connectivity index (χ4v) is 2.43. The predicted molar refractivity (Wildman–Crippen MR) is 63.2 cm³/mol. The number of nitrogens with zero attached hydrogens (tertiary/aromatic N) is 5. The van der Waals surface area contributed by atoms with Crippen LogP contribution in [-0.4, -0.2) is 24.5 Å². The Morgan fingerprint density at radius 2 is 2.17 bits per heavy atom. The van der Waals surface area contributed by atoms with Crippen LogP contribution < -0.4 is 0 Å². The molecule has 18 heavy (non-hydrogen) atoms. The summed E-state index contributed by atoms with van der Waals surface area (Å²) in [6.07, 6.45) is 6.87. The van der Waals surface area contributed by atoms with Crippen LogP contribution in [0.4, 0.5) is 5.69 Å². The van der Waals surface area contributed by atoms with Gasteiger partial charge in [0.15, 0.2) is 0 Å². The summed E-state index contributed by atoms with van der Waals surface area (Å²) in [5.41, 5.74) is 0.724. The molecule has 3 rings (SSSR count). The van der Waals surface area contributed by atoms with Gasteiger partial charge in [-0.15, -0.1) is 0 Å². The van der Waals surface area contributed by atoms with Gasteiger partial charge in [0.25, 0.3) is 0 Å². The minimum atomic E-state index is -0.386. The predicted octanol–water partition coefficient (Wildman–Crippen LogP) is 1.87. The third-order valence-corrected chi connectivity index (χ3v) is 3.55. The zero-order chi connectivity index (χ0) is 12.7. The Hall–Kier alpha value is -2.18. The van der Waals surface area contributed by atoms with Crippen LogP contribution in [0.5, 0.6) is 0 Å². The number of hydrogen-bond donors (Lipinski definition) is 0. The van der Waals surface area contributed by atoms with E-state index >= 15 is 0 Å². The average molecular weight is 247 g/mol. The van der Waals surface area contributed by atoms with Gasteiger partial charge in [-0.3, -0.25) is 19.5 Å². The molecule has 0 N–H and O–H groups in total. The summed E-state index contributed by atoms with van der Waals surface area (Å²) in [4.78, 5) is 10.4. The molecule has 1 aliphatic rings. The lowest BCUT2D eigenvalue weighted by Gasteiger charge is -2.35. The lowest BCUT2D eigenvalue weighted by molar-refractivity contribution is -0.385. The van der Waals surface area contributed by atoms with E-state index in [-0.39, 0.29) is 16.7 Å². The molecule has 2 heterocycles. The quantitative estimate of drug-likeness (QED) is 0.612. The van der Waals surface area contributed by atoms with E-state index in [2.05, 4.69) is 10.2 Å². The maximum absolute atomic E-state index is 10.8. The molecule has 1 fully saturated rings. The van der Waals surface area contributed by atoms with Gasteiger partial charge in [0.05, 0.1) is 17.0 Å². The van der Waals surface area contributed by atoms with Crippen molar-refractivity contribution in [3.05, 3.63) is 40.5 Å². The fraction of sp³-hybridized carbons (Fsp3) is 0.455. The highest BCUT2D eigenvalue weighted by atomic mass is 16.6. The SMILES string of the molecule is Cc1c([N+](=O)[O-])cnn1[C@H]1C[C@@H](n2cccn2)C1. The molecular formula is C11H13N5O2. The molecule has 94 valence electrons. The van der Waals surface area contributed by atoms with Crippen molar-refractivity contribution in [1.29, 1.82) is 0 Å². The molecule has 0 saturated heterocycles. The average Bonchev–Trinajstić information content (AvgIpc) is 2.87. The molecule has 0 bridgehead atoms. The maximum atomic E-state index is 10.8. The molecule has 0 unspecified atom stereocenters. The Kier molecular flexibility index (Phi) is 2.39. The number of nitro groups is 1. The molecule has 0 aliphatic heterocycles. The zero-order valence-corrected chi connectivity index (χ0v) is 9.93. The van der Waals surface area contributed by atoms with Crippen molar-refractivity contribution in [2.75, 3.05) is 0 Å². The second kappa shape index (κ2) is 3.94. The van der Waals surface area contributed by atoms with E-state index in [1.54, 1.807) is 17.8 Å². The van der Waals surface area contributed by atoms with Crippen LogP contribution in [0.2, 0.25) is 0 Å². The van der Waals surface area contributed by atoms with Crippen molar-refractivity contribution < 1.29 is 4.92 Å². The summed E-state index contributed by atoms with van der Waals surface area (Å²) in [6.45, 7) is 1.74. The lowest BCUT2D eigenvalue weighted by atomic mass is 9.87. The van der Waals surface area contributed by atoms with Crippen molar-refractivity contribution in [2.24, 2.45) is 0 Å². The smallest absolute Gasteiger partial charge is 0.270 e. The molecule has 0 atom stereocenters. The van der Waals surface area contributed by atoms with E-state index in [0.717, 1.165) is 12.8 Å². The molecule has 2 aromatic heterocycles. The van der Waals surface area contributed by atoms with E-state index in [4.69, 9.17) is 0 Å². The van der Waals surface area contributed by atoms with E-state index in [0.29, 0.717) is 11.7 Å². The summed E-state index contributed by atoms with van der Waals surface area (Å²) in [5, 5.41) is 19.1. The van der Waals surface area contributed by atoms with Crippen LogP contribution in [0.3, 0.4) is 0 Å². The Bertz CT molecular complexity index is 568. The maximum Gasteiger partial charge on any atom is 0.309 e. The summed E-state index contributed by atoms with van der Waals surface area (Å²) in [7, 11) is 0. The minimum Gasteiger partial charge on any atom is -0.270 e. The molecule has 7 nitrogen and oxygen atoms in total. The highest BCUT2D eigenvalue weighted by molar-refractivity contribution is 5.32. The van der Waals surface area contributed by atoms with Gasteiger partial charge in [-0.05, 0) is 25.8 Å². The molecule has 2 aromatic rings. The largest absolute Gasteiger partial charge is 0.309 e. The lowest BCUT2D eigenvalue weighted by Crippen LogP contribution is -2.30. The van der Waals surface area contributed by atoms with E-state index < -0.39 is 0 Å². The van der Waals surface area contributed by atoms with Gasteiger partial charge in [-0.25, -0.2) is 0 Å². The van der Waals surface area contributed by atoms with Crippen LogP contribution in [0.15, 0.2) is 24.7 Å². The molecule has 0 amide bonds. The van der Waals surface area contributed by atoms with Gasteiger partial charge in [0, 0.05) is 12.4 Å². The number of aromatic nitrogens is 4. The first-order valence-corrected chi connectivity index (χ1v) is 5.84. The van der Waals surface area contributed by atoms with Crippen molar-refractivity contribution in [1.82, 2.24) is 19.6 Å². The standard InChI is InChI=1S/C11H13N5O2/c1-8-11(16(17)18)7-13-15(8)10-5-9(6-10)14-4-2-3-12-14/h2-4,7,9-10H,5-6H2,1H3/t9-,10+. The molecule has 7 heteroatoms. The molecule has 0 spiro atoms. The van der Waals surface area contributed by atoms with Crippen molar-refractivity contribution in [2.45, 2.75) is 31.8 Å². The normalized spacial score (nSPS) is 22.7. The van der Waals surface area contributed by atoms with Crippen LogP contribution in [0.25, 0.3) is 0 Å². The minimum absolute atomic E-state index is 0.0949. The molecule has 1 saturated carbocycles. The zero-order valence-electron chi connectivity index (χ0n) is 9.93. The Balaban J connectivity index is 1.74. The summed E-state index contributed by atoms with van der Waals surface area (Å²) in [5.74, 6) is 0. The Morgan fingerprint density at radius 3 is 2.72 bits per heavy atom. The Morgan fingerprint density at radius 1 is 1.39 bits per heavy atom. The van der Waals surface area contributed by atoms with Gasteiger partial charge in [-0.1, -0.05) is 0 Å². The molecular weight excluding hydrogens is 234 g/mol. The number of rotatable bonds is 3. The first-order chi connectivity index (χ1) is 8.66. The van der Waals surface area contributed by atoms with Crippen molar-refractivity contribution in [3.8, 4) is 0 Å². The van der Waals surface area contributed by atoms with E-state index in [9.17, 15) is 10.1 Å². The van der Waals surface area contributed by atoms with Crippen LogP contribution in [0.1, 0.15) is 30.6 Å². The highest BCUT2D eigenvalue weighted by Crippen LogP contribution is 2.41.